The van der Waals surface area contributed by atoms with Crippen molar-refractivity contribution in [1.82, 2.24) is 4.31 Å². The molecule has 158 valence electrons. The van der Waals surface area contributed by atoms with Crippen molar-refractivity contribution in [2.75, 3.05) is 31.6 Å². The summed E-state index contributed by atoms with van der Waals surface area (Å²) in [4.78, 5) is 12.4. The van der Waals surface area contributed by atoms with Crippen molar-refractivity contribution in [1.29, 1.82) is 0 Å². The summed E-state index contributed by atoms with van der Waals surface area (Å²) in [7, 11) is -3.67. The molecule has 0 unspecified atom stereocenters. The monoisotopic (exact) mass is 422 g/mol. The highest BCUT2D eigenvalue weighted by Crippen LogP contribution is 2.31. The molecule has 0 radical (unpaired) electrons. The van der Waals surface area contributed by atoms with Crippen molar-refractivity contribution in [2.45, 2.75) is 37.6 Å². The maximum atomic E-state index is 13.0. The number of carbonyl (C=O) groups is 1. The Kier molecular flexibility index (Phi) is 6.94. The van der Waals surface area contributed by atoms with Crippen molar-refractivity contribution >= 4 is 21.6 Å². The molecule has 29 heavy (non-hydrogen) atoms. The first kappa shape index (κ1) is 21.4. The SMILES string of the molecule is CCOc1ccc(NC(=O)C[NH2+][C@H](C)c2ccco2)cc1S(=O)(=O)N1CCCC1. The van der Waals surface area contributed by atoms with Gasteiger partial charge < -0.3 is 19.8 Å². The first-order valence-corrected chi connectivity index (χ1v) is 11.3. The molecule has 9 heteroatoms. The van der Waals surface area contributed by atoms with Gasteiger partial charge in [0.1, 0.15) is 16.7 Å². The molecule has 3 rings (SSSR count). The standard InChI is InChI=1S/C20H27N3O5S/c1-3-27-18-9-8-16(13-19(18)29(25,26)23-10-4-5-11-23)22-20(24)14-21-15(2)17-7-6-12-28-17/h6-9,12-13,15,21H,3-5,10-11,14H2,1-2H3,(H,22,24)/p+1/t15-/m1/s1. The number of benzene rings is 1. The van der Waals surface area contributed by atoms with E-state index in [-0.39, 0.29) is 23.4 Å². The molecule has 1 aliphatic heterocycles. The van der Waals surface area contributed by atoms with Crippen LogP contribution in [0.2, 0.25) is 0 Å². The van der Waals surface area contributed by atoms with Gasteiger partial charge in [0.05, 0.1) is 12.9 Å². The summed E-state index contributed by atoms with van der Waals surface area (Å²) in [5.74, 6) is 0.866. The highest BCUT2D eigenvalue weighted by Gasteiger charge is 2.30. The normalized spacial score (nSPS) is 15.9. The van der Waals surface area contributed by atoms with E-state index in [0.29, 0.717) is 31.1 Å². The van der Waals surface area contributed by atoms with Crippen LogP contribution in [0.15, 0.2) is 45.9 Å². The number of hydrogen-bond acceptors (Lipinski definition) is 5. The summed E-state index contributed by atoms with van der Waals surface area (Å²) in [6.07, 6.45) is 3.30. The number of nitrogens with zero attached hydrogens (tertiary/aromatic N) is 1. The van der Waals surface area contributed by atoms with Crippen molar-refractivity contribution in [3.05, 3.63) is 42.4 Å². The maximum absolute atomic E-state index is 13.0. The van der Waals surface area contributed by atoms with E-state index < -0.39 is 10.0 Å². The maximum Gasteiger partial charge on any atom is 0.279 e. The zero-order valence-corrected chi connectivity index (χ0v) is 17.6. The van der Waals surface area contributed by atoms with Crippen LogP contribution >= 0.6 is 0 Å². The third kappa shape index (κ3) is 5.17. The predicted octanol–water partition coefficient (Wildman–Crippen LogP) is 1.73. The Balaban J connectivity index is 1.71. The Morgan fingerprint density at radius 1 is 1.31 bits per heavy atom. The van der Waals surface area contributed by atoms with Crippen LogP contribution in [0.1, 0.15) is 38.5 Å². The van der Waals surface area contributed by atoms with E-state index >= 15 is 0 Å². The number of nitrogens with one attached hydrogen (secondary N) is 1. The van der Waals surface area contributed by atoms with E-state index in [1.807, 2.05) is 24.4 Å². The Hall–Kier alpha value is -2.36. The van der Waals surface area contributed by atoms with Gasteiger partial charge in [-0.3, -0.25) is 4.79 Å². The molecule has 8 nitrogen and oxygen atoms in total. The van der Waals surface area contributed by atoms with E-state index in [1.165, 1.54) is 10.4 Å². The van der Waals surface area contributed by atoms with E-state index in [1.54, 1.807) is 25.3 Å². The molecule has 0 spiro atoms. The third-order valence-electron chi connectivity index (χ3n) is 4.86. The fourth-order valence-corrected chi connectivity index (χ4v) is 4.97. The number of anilines is 1. The predicted molar refractivity (Wildman–Crippen MR) is 108 cm³/mol. The van der Waals surface area contributed by atoms with Crippen LogP contribution < -0.4 is 15.4 Å². The van der Waals surface area contributed by atoms with Crippen molar-refractivity contribution < 1.29 is 27.7 Å². The smallest absolute Gasteiger partial charge is 0.279 e. The lowest BCUT2D eigenvalue weighted by atomic mass is 10.2. The van der Waals surface area contributed by atoms with Gasteiger partial charge in [-0.15, -0.1) is 0 Å². The van der Waals surface area contributed by atoms with Crippen LogP contribution in [0.4, 0.5) is 5.69 Å². The molecule has 0 saturated carbocycles. The summed E-state index contributed by atoms with van der Waals surface area (Å²) >= 11 is 0. The number of furan rings is 1. The minimum absolute atomic E-state index is 0.00202. The summed E-state index contributed by atoms with van der Waals surface area (Å²) in [6, 6.07) is 8.40. The van der Waals surface area contributed by atoms with Crippen molar-refractivity contribution in [2.24, 2.45) is 0 Å². The van der Waals surface area contributed by atoms with Crippen LogP contribution in [0, 0.1) is 0 Å². The molecule has 1 atom stereocenters. The Morgan fingerprint density at radius 3 is 2.72 bits per heavy atom. The van der Waals surface area contributed by atoms with Crippen molar-refractivity contribution in [3.63, 3.8) is 0 Å². The van der Waals surface area contributed by atoms with Crippen LogP contribution in [-0.4, -0.2) is 44.9 Å². The summed E-state index contributed by atoms with van der Waals surface area (Å²) in [6.45, 7) is 5.30. The van der Waals surface area contributed by atoms with E-state index in [9.17, 15) is 13.2 Å². The van der Waals surface area contributed by atoms with Gasteiger partial charge >= 0.3 is 0 Å². The topological polar surface area (TPSA) is 105 Å². The molecular formula is C20H28N3O5S+. The molecule has 1 fully saturated rings. The molecule has 1 saturated heterocycles. The molecule has 1 amide bonds. The van der Waals surface area contributed by atoms with Gasteiger partial charge in [0.25, 0.3) is 5.91 Å². The molecule has 2 aromatic rings. The van der Waals surface area contributed by atoms with Gasteiger partial charge in [0.15, 0.2) is 12.3 Å². The Labute approximate surface area is 171 Å². The second-order valence-corrected chi connectivity index (χ2v) is 8.90. The Bertz CT molecular complexity index is 922. The summed E-state index contributed by atoms with van der Waals surface area (Å²) < 4.78 is 38.4. The fourth-order valence-electron chi connectivity index (χ4n) is 3.29. The third-order valence-corrected chi connectivity index (χ3v) is 6.78. The fraction of sp³-hybridized carbons (Fsp3) is 0.450. The number of sulfonamides is 1. The largest absolute Gasteiger partial charge is 0.492 e. The lowest BCUT2D eigenvalue weighted by molar-refractivity contribution is -0.684. The first-order valence-electron chi connectivity index (χ1n) is 9.85. The first-order chi connectivity index (χ1) is 13.9. The van der Waals surface area contributed by atoms with E-state index in [0.717, 1.165) is 18.6 Å². The van der Waals surface area contributed by atoms with E-state index in [2.05, 4.69) is 5.32 Å². The summed E-state index contributed by atoms with van der Waals surface area (Å²) in [5, 5.41) is 4.63. The molecule has 3 N–H and O–H groups in total. The van der Waals surface area contributed by atoms with Gasteiger partial charge in [-0.2, -0.15) is 4.31 Å². The van der Waals surface area contributed by atoms with Gasteiger partial charge in [-0.1, -0.05) is 0 Å². The number of hydrogen-bond donors (Lipinski definition) is 2. The van der Waals surface area contributed by atoms with Crippen LogP contribution in [-0.2, 0) is 14.8 Å². The quantitative estimate of drug-likeness (QED) is 0.640. The number of nitrogens with two attached hydrogens (primary N) is 1. The molecule has 1 aliphatic rings. The highest BCUT2D eigenvalue weighted by molar-refractivity contribution is 7.89. The van der Waals surface area contributed by atoms with Crippen LogP contribution in [0.25, 0.3) is 0 Å². The second kappa shape index (κ2) is 9.43. The summed E-state index contributed by atoms with van der Waals surface area (Å²) in [5.41, 5.74) is 0.426. The number of ether oxygens (including phenoxy) is 1. The highest BCUT2D eigenvalue weighted by atomic mass is 32.2. The number of amides is 1. The number of rotatable bonds is 9. The molecule has 1 aromatic carbocycles. The molecular weight excluding hydrogens is 394 g/mol. The molecule has 0 bridgehead atoms. The zero-order valence-electron chi connectivity index (χ0n) is 16.8. The second-order valence-electron chi connectivity index (χ2n) is 7.00. The van der Waals surface area contributed by atoms with Crippen molar-refractivity contribution in [3.8, 4) is 5.75 Å². The van der Waals surface area contributed by atoms with E-state index in [4.69, 9.17) is 9.15 Å². The lowest BCUT2D eigenvalue weighted by Gasteiger charge is -2.19. The van der Waals surface area contributed by atoms with Gasteiger partial charge in [0.2, 0.25) is 10.0 Å². The number of quaternary nitrogens is 1. The Morgan fingerprint density at radius 2 is 2.07 bits per heavy atom. The van der Waals surface area contributed by atoms with Crippen LogP contribution in [0.3, 0.4) is 0 Å². The lowest BCUT2D eigenvalue weighted by Crippen LogP contribution is -2.86. The average Bonchev–Trinajstić information content (AvgIpc) is 3.41. The van der Waals surface area contributed by atoms with Gasteiger partial charge in [-0.25, -0.2) is 8.42 Å². The minimum Gasteiger partial charge on any atom is -0.492 e. The van der Waals surface area contributed by atoms with Crippen LogP contribution in [0.5, 0.6) is 5.75 Å². The minimum atomic E-state index is -3.67. The molecule has 0 aliphatic carbocycles. The van der Waals surface area contributed by atoms with Gasteiger partial charge in [0, 0.05) is 18.8 Å². The van der Waals surface area contributed by atoms with Gasteiger partial charge in [-0.05, 0) is 57.0 Å². The molecule has 1 aromatic heterocycles. The average molecular weight is 423 g/mol. The zero-order chi connectivity index (χ0) is 20.9. The number of carbonyl (C=O) groups excluding carboxylic acids is 1. The molecule has 2 heterocycles.